The van der Waals surface area contributed by atoms with Crippen LogP contribution in [0.25, 0.3) is 0 Å². The molecular formula is C12H19ClN4O. The average Bonchev–Trinajstić information content (AvgIpc) is 3.07. The van der Waals surface area contributed by atoms with E-state index in [1.807, 2.05) is 14.0 Å². The van der Waals surface area contributed by atoms with E-state index >= 15 is 0 Å². The minimum Gasteiger partial charge on any atom is -0.353 e. The zero-order chi connectivity index (χ0) is 13.1. The molecule has 0 aliphatic heterocycles. The van der Waals surface area contributed by atoms with E-state index in [0.717, 1.165) is 24.2 Å². The Kier molecular flexibility index (Phi) is 4.24. The normalized spacial score (nSPS) is 14.8. The minimum atomic E-state index is 0.122. The molecule has 1 amide bonds. The lowest BCUT2D eigenvalue weighted by Crippen LogP contribution is -2.29. The highest BCUT2D eigenvalue weighted by molar-refractivity contribution is 6.31. The van der Waals surface area contributed by atoms with Crippen LogP contribution in [0.5, 0.6) is 0 Å². The highest BCUT2D eigenvalue weighted by atomic mass is 35.5. The number of rotatable bonds is 6. The van der Waals surface area contributed by atoms with Crippen LogP contribution in [0.2, 0.25) is 5.02 Å². The predicted molar refractivity (Wildman–Crippen MR) is 70.4 cm³/mol. The molecule has 0 atom stereocenters. The Balaban J connectivity index is 1.69. The number of nitrogens with one attached hydrogen (secondary N) is 2. The van der Waals surface area contributed by atoms with Crippen molar-refractivity contribution in [2.75, 3.05) is 6.54 Å². The summed E-state index contributed by atoms with van der Waals surface area (Å²) in [4.78, 5) is 11.4. The molecule has 0 bridgehead atoms. The van der Waals surface area contributed by atoms with Crippen LogP contribution in [-0.2, 0) is 18.4 Å². The molecule has 18 heavy (non-hydrogen) atoms. The summed E-state index contributed by atoms with van der Waals surface area (Å²) in [6.45, 7) is 3.17. The summed E-state index contributed by atoms with van der Waals surface area (Å²) < 4.78 is 1.77. The summed E-state index contributed by atoms with van der Waals surface area (Å²) in [7, 11) is 1.87. The van der Waals surface area contributed by atoms with Crippen LogP contribution in [0.3, 0.4) is 0 Å². The van der Waals surface area contributed by atoms with Gasteiger partial charge in [-0.3, -0.25) is 9.48 Å². The van der Waals surface area contributed by atoms with Gasteiger partial charge in [-0.15, -0.1) is 0 Å². The Labute approximate surface area is 112 Å². The van der Waals surface area contributed by atoms with Crippen LogP contribution >= 0.6 is 11.6 Å². The Morgan fingerprint density at radius 2 is 2.28 bits per heavy atom. The van der Waals surface area contributed by atoms with Crippen LogP contribution in [0.1, 0.15) is 30.7 Å². The molecule has 1 saturated carbocycles. The molecule has 2 rings (SSSR count). The van der Waals surface area contributed by atoms with Crippen molar-refractivity contribution in [3.63, 3.8) is 0 Å². The average molecular weight is 271 g/mol. The van der Waals surface area contributed by atoms with Gasteiger partial charge >= 0.3 is 0 Å². The number of aromatic nitrogens is 2. The summed E-state index contributed by atoms with van der Waals surface area (Å²) in [6, 6.07) is 0.437. The molecule has 0 saturated heterocycles. The Bertz CT molecular complexity index is 440. The second-order valence-corrected chi connectivity index (χ2v) is 5.12. The molecule has 5 nitrogen and oxygen atoms in total. The van der Waals surface area contributed by atoms with Crippen LogP contribution in [0.4, 0.5) is 0 Å². The zero-order valence-corrected chi connectivity index (χ0v) is 11.5. The molecule has 1 heterocycles. The number of aryl methyl sites for hydroxylation is 2. The van der Waals surface area contributed by atoms with E-state index in [1.165, 1.54) is 0 Å². The Morgan fingerprint density at radius 3 is 2.83 bits per heavy atom. The lowest BCUT2D eigenvalue weighted by molar-refractivity contribution is -0.121. The standard InChI is InChI=1S/C12H19ClN4O/c1-8-12(13)10(17(2)16-8)7-14-6-5-11(18)15-9-3-4-9/h9,14H,3-7H2,1-2H3,(H,15,18). The van der Waals surface area contributed by atoms with Gasteiger partial charge < -0.3 is 10.6 Å². The third-order valence-corrected chi connectivity index (χ3v) is 3.52. The number of halogens is 1. The third kappa shape index (κ3) is 3.46. The van der Waals surface area contributed by atoms with Crippen molar-refractivity contribution in [2.45, 2.75) is 38.8 Å². The Morgan fingerprint density at radius 1 is 1.56 bits per heavy atom. The van der Waals surface area contributed by atoms with Crippen LogP contribution < -0.4 is 10.6 Å². The van der Waals surface area contributed by atoms with Crippen LogP contribution in [0, 0.1) is 6.92 Å². The van der Waals surface area contributed by atoms with E-state index < -0.39 is 0 Å². The fraction of sp³-hybridized carbons (Fsp3) is 0.667. The monoisotopic (exact) mass is 270 g/mol. The maximum Gasteiger partial charge on any atom is 0.221 e. The number of carbonyl (C=O) groups excluding carboxylic acids is 1. The van der Waals surface area contributed by atoms with Crippen LogP contribution in [0.15, 0.2) is 0 Å². The smallest absolute Gasteiger partial charge is 0.221 e. The molecule has 1 aromatic rings. The summed E-state index contributed by atoms with van der Waals surface area (Å²) in [5, 5.41) is 11.1. The van der Waals surface area contributed by atoms with Gasteiger partial charge in [-0.2, -0.15) is 5.10 Å². The number of nitrogens with zero attached hydrogens (tertiary/aromatic N) is 2. The second-order valence-electron chi connectivity index (χ2n) is 4.74. The van der Waals surface area contributed by atoms with Crippen molar-refractivity contribution >= 4 is 17.5 Å². The van der Waals surface area contributed by atoms with Gasteiger partial charge in [0.25, 0.3) is 0 Å². The van der Waals surface area contributed by atoms with E-state index in [1.54, 1.807) is 4.68 Å². The first-order valence-corrected chi connectivity index (χ1v) is 6.63. The molecule has 0 unspecified atom stereocenters. The number of hydrogen-bond acceptors (Lipinski definition) is 3. The van der Waals surface area contributed by atoms with Crippen molar-refractivity contribution in [1.29, 1.82) is 0 Å². The van der Waals surface area contributed by atoms with Crippen molar-refractivity contribution in [3.05, 3.63) is 16.4 Å². The number of hydrogen-bond donors (Lipinski definition) is 2. The van der Waals surface area contributed by atoms with Gasteiger partial charge in [0.05, 0.1) is 16.4 Å². The maximum absolute atomic E-state index is 11.4. The van der Waals surface area contributed by atoms with Crippen LogP contribution in [-0.4, -0.2) is 28.3 Å². The molecule has 1 aliphatic carbocycles. The lowest BCUT2D eigenvalue weighted by atomic mass is 10.3. The summed E-state index contributed by atoms with van der Waals surface area (Å²) in [5.74, 6) is 0.122. The molecule has 0 radical (unpaired) electrons. The van der Waals surface area contributed by atoms with Crippen molar-refractivity contribution in [1.82, 2.24) is 20.4 Å². The van der Waals surface area contributed by atoms with E-state index in [-0.39, 0.29) is 5.91 Å². The van der Waals surface area contributed by atoms with Gasteiger partial charge in [0.15, 0.2) is 0 Å². The molecule has 1 fully saturated rings. The van der Waals surface area contributed by atoms with Gasteiger partial charge in [0.2, 0.25) is 5.91 Å². The molecule has 2 N–H and O–H groups in total. The molecule has 100 valence electrons. The highest BCUT2D eigenvalue weighted by Crippen LogP contribution is 2.19. The largest absolute Gasteiger partial charge is 0.353 e. The second kappa shape index (κ2) is 5.71. The Hall–Kier alpha value is -1.07. The molecule has 0 spiro atoms. The zero-order valence-electron chi connectivity index (χ0n) is 10.8. The van der Waals surface area contributed by atoms with Gasteiger partial charge in [-0.25, -0.2) is 0 Å². The summed E-state index contributed by atoms with van der Waals surface area (Å²) in [5.41, 5.74) is 1.79. The first kappa shape index (κ1) is 13.4. The highest BCUT2D eigenvalue weighted by Gasteiger charge is 2.22. The van der Waals surface area contributed by atoms with Gasteiger partial charge in [0.1, 0.15) is 0 Å². The summed E-state index contributed by atoms with van der Waals surface area (Å²) in [6.07, 6.45) is 2.76. The number of carbonyl (C=O) groups is 1. The van der Waals surface area contributed by atoms with E-state index in [4.69, 9.17) is 11.6 Å². The van der Waals surface area contributed by atoms with E-state index in [0.29, 0.717) is 30.6 Å². The van der Waals surface area contributed by atoms with Crippen molar-refractivity contribution in [3.8, 4) is 0 Å². The van der Waals surface area contributed by atoms with E-state index in [9.17, 15) is 4.79 Å². The predicted octanol–water partition coefficient (Wildman–Crippen LogP) is 1.14. The first-order valence-electron chi connectivity index (χ1n) is 6.26. The van der Waals surface area contributed by atoms with Crippen molar-refractivity contribution < 1.29 is 4.79 Å². The van der Waals surface area contributed by atoms with Gasteiger partial charge in [-0.1, -0.05) is 11.6 Å². The first-order chi connectivity index (χ1) is 8.58. The SMILES string of the molecule is Cc1nn(C)c(CNCCC(=O)NC2CC2)c1Cl. The number of amides is 1. The van der Waals surface area contributed by atoms with Crippen molar-refractivity contribution in [2.24, 2.45) is 7.05 Å². The quantitative estimate of drug-likeness (QED) is 0.762. The molecule has 1 aliphatic rings. The lowest BCUT2D eigenvalue weighted by Gasteiger charge is -2.06. The fourth-order valence-corrected chi connectivity index (χ4v) is 2.04. The fourth-order valence-electron chi connectivity index (χ4n) is 1.81. The van der Waals surface area contributed by atoms with Gasteiger partial charge in [0, 0.05) is 32.6 Å². The van der Waals surface area contributed by atoms with E-state index in [2.05, 4.69) is 15.7 Å². The maximum atomic E-state index is 11.4. The summed E-state index contributed by atoms with van der Waals surface area (Å²) >= 11 is 6.13. The topological polar surface area (TPSA) is 59.0 Å². The molecule has 6 heteroatoms. The molecule has 0 aromatic carbocycles. The van der Waals surface area contributed by atoms with Gasteiger partial charge in [-0.05, 0) is 19.8 Å². The molecular weight excluding hydrogens is 252 g/mol. The minimum absolute atomic E-state index is 0.122. The third-order valence-electron chi connectivity index (χ3n) is 3.03. The molecule has 1 aromatic heterocycles.